The van der Waals surface area contributed by atoms with Crippen LogP contribution >= 0.6 is 0 Å². The van der Waals surface area contributed by atoms with Crippen LogP contribution in [0.3, 0.4) is 0 Å². The van der Waals surface area contributed by atoms with Gasteiger partial charge in [0.05, 0.1) is 0 Å². The fourth-order valence-corrected chi connectivity index (χ4v) is 2.88. The number of ether oxygens (including phenoxy) is 1. The highest BCUT2D eigenvalue weighted by Gasteiger charge is 2.32. The van der Waals surface area contributed by atoms with E-state index in [9.17, 15) is 9.90 Å². The molecule has 0 saturated heterocycles. The van der Waals surface area contributed by atoms with Gasteiger partial charge in [0.15, 0.2) is 5.78 Å². The van der Waals surface area contributed by atoms with Gasteiger partial charge < -0.3 is 9.84 Å². The Morgan fingerprint density at radius 1 is 0.633 bits per heavy atom. The van der Waals surface area contributed by atoms with Crippen molar-refractivity contribution >= 4 is 5.78 Å². The first-order valence-corrected chi connectivity index (χ1v) is 9.73. The first-order valence-electron chi connectivity index (χ1n) is 9.73. The molecule has 0 amide bonds. The summed E-state index contributed by atoms with van der Waals surface area (Å²) >= 11 is 0. The zero-order valence-electron chi connectivity index (χ0n) is 16.8. The van der Waals surface area contributed by atoms with Crippen LogP contribution in [0.5, 0.6) is 11.5 Å². The monoisotopic (exact) mass is 396 g/mol. The van der Waals surface area contributed by atoms with Crippen LogP contribution in [0.25, 0.3) is 0 Å². The lowest BCUT2D eigenvalue weighted by Crippen LogP contribution is -2.32. The van der Waals surface area contributed by atoms with Crippen molar-refractivity contribution in [3.8, 4) is 11.5 Å². The Hall–Kier alpha value is -3.69. The van der Waals surface area contributed by atoms with E-state index in [-0.39, 0.29) is 5.78 Å². The summed E-state index contributed by atoms with van der Waals surface area (Å²) in [5.41, 5.74) is -0.363. The molecule has 30 heavy (non-hydrogen) atoms. The van der Waals surface area contributed by atoms with E-state index in [0.29, 0.717) is 11.1 Å². The van der Waals surface area contributed by atoms with Crippen LogP contribution in [0.1, 0.15) is 22.8 Å². The Morgan fingerprint density at radius 2 is 1.00 bits per heavy atom. The summed E-state index contributed by atoms with van der Waals surface area (Å²) in [6.45, 7) is 1.53. The first kappa shape index (κ1) is 21.0. The predicted molar refractivity (Wildman–Crippen MR) is 120 cm³/mol. The van der Waals surface area contributed by atoms with E-state index >= 15 is 0 Å². The van der Waals surface area contributed by atoms with Gasteiger partial charge in [-0.25, -0.2) is 0 Å². The van der Waals surface area contributed by atoms with Gasteiger partial charge in [0.1, 0.15) is 17.1 Å². The summed E-state index contributed by atoms with van der Waals surface area (Å²) in [6.07, 6.45) is 0. The van der Waals surface area contributed by atoms with Gasteiger partial charge in [-0.1, -0.05) is 97.1 Å². The average molecular weight is 396 g/mol. The Balaban J connectivity index is 0.000000177. The summed E-state index contributed by atoms with van der Waals surface area (Å²) in [5.74, 6) is 1.45. The lowest BCUT2D eigenvalue weighted by Gasteiger charge is -2.22. The quantitative estimate of drug-likeness (QED) is 0.405. The lowest BCUT2D eigenvalue weighted by atomic mass is 9.88. The zero-order chi connectivity index (χ0) is 21.2. The van der Waals surface area contributed by atoms with E-state index in [1.807, 2.05) is 84.9 Å². The van der Waals surface area contributed by atoms with Gasteiger partial charge in [0, 0.05) is 5.56 Å². The smallest absolute Gasteiger partial charge is 0.198 e. The van der Waals surface area contributed by atoms with Crippen LogP contribution in [-0.2, 0) is 5.60 Å². The topological polar surface area (TPSA) is 46.5 Å². The van der Waals surface area contributed by atoms with Crippen LogP contribution in [-0.4, -0.2) is 10.9 Å². The summed E-state index contributed by atoms with van der Waals surface area (Å²) in [5, 5.41) is 10.4. The highest BCUT2D eigenvalue weighted by molar-refractivity contribution is 6.02. The molecular formula is C27H24O3. The van der Waals surface area contributed by atoms with E-state index in [0.717, 1.165) is 11.5 Å². The van der Waals surface area contributed by atoms with E-state index in [2.05, 4.69) is 0 Å². The van der Waals surface area contributed by atoms with Crippen molar-refractivity contribution in [2.75, 3.05) is 0 Å². The number of benzene rings is 4. The fourth-order valence-electron chi connectivity index (χ4n) is 2.88. The fraction of sp³-hybridized carbons (Fsp3) is 0.0741. The number of ketones is 1. The van der Waals surface area contributed by atoms with E-state index in [1.54, 1.807) is 36.4 Å². The van der Waals surface area contributed by atoms with Crippen molar-refractivity contribution < 1.29 is 14.6 Å². The Morgan fingerprint density at radius 3 is 1.43 bits per heavy atom. The number of hydrogen-bond acceptors (Lipinski definition) is 3. The van der Waals surface area contributed by atoms with Gasteiger partial charge in [-0.2, -0.15) is 0 Å². The molecule has 150 valence electrons. The maximum atomic E-state index is 12.2. The molecule has 4 aromatic rings. The van der Waals surface area contributed by atoms with Crippen molar-refractivity contribution in [2.24, 2.45) is 0 Å². The second-order valence-electron chi connectivity index (χ2n) is 6.86. The summed E-state index contributed by atoms with van der Waals surface area (Å²) < 4.78 is 5.58. The molecule has 0 aliphatic heterocycles. The first-order chi connectivity index (χ1) is 14.6. The standard InChI is InChI=1S/C15H14O2.C12H10O/c1-15(17,13-10-6-3-7-11-13)14(16)12-8-4-2-5-9-12;1-3-7-11(8-4-1)13-12-9-5-2-6-10-12/h2-11,17H,1H3;1-10H. The molecule has 0 saturated carbocycles. The third-order valence-electron chi connectivity index (χ3n) is 4.54. The SMILES string of the molecule is CC(O)(C(=O)c1ccccc1)c1ccccc1.c1ccc(Oc2ccccc2)cc1. The van der Waals surface area contributed by atoms with E-state index in [1.165, 1.54) is 6.92 Å². The van der Waals surface area contributed by atoms with Gasteiger partial charge in [-0.05, 0) is 36.8 Å². The highest BCUT2D eigenvalue weighted by atomic mass is 16.5. The number of hydrogen-bond donors (Lipinski definition) is 1. The van der Waals surface area contributed by atoms with Crippen LogP contribution < -0.4 is 4.74 Å². The maximum absolute atomic E-state index is 12.2. The number of carbonyl (C=O) groups excluding carboxylic acids is 1. The summed E-state index contributed by atoms with van der Waals surface area (Å²) in [6, 6.07) is 37.3. The van der Waals surface area contributed by atoms with Crippen LogP contribution in [0.4, 0.5) is 0 Å². The zero-order valence-corrected chi connectivity index (χ0v) is 16.8. The van der Waals surface area contributed by atoms with Crippen molar-refractivity contribution in [3.63, 3.8) is 0 Å². The molecule has 0 aliphatic carbocycles. The maximum Gasteiger partial charge on any atom is 0.198 e. The minimum atomic E-state index is -1.48. The highest BCUT2D eigenvalue weighted by Crippen LogP contribution is 2.25. The molecule has 0 aliphatic rings. The predicted octanol–water partition coefficient (Wildman–Crippen LogP) is 6.26. The Labute approximate surface area is 177 Å². The average Bonchev–Trinajstić information content (AvgIpc) is 2.81. The molecule has 4 rings (SSSR count). The minimum absolute atomic E-state index is 0.288. The molecule has 1 unspecified atom stereocenters. The lowest BCUT2D eigenvalue weighted by molar-refractivity contribution is 0.0392. The minimum Gasteiger partial charge on any atom is -0.457 e. The van der Waals surface area contributed by atoms with Crippen LogP contribution in [0.15, 0.2) is 121 Å². The Kier molecular flexibility index (Phi) is 7.14. The number of Topliss-reactive ketones (excluding diaryl/α,β-unsaturated/α-hetero) is 1. The molecular weight excluding hydrogens is 372 g/mol. The number of rotatable bonds is 5. The molecule has 0 spiro atoms. The summed E-state index contributed by atoms with van der Waals surface area (Å²) in [7, 11) is 0. The molecule has 1 atom stereocenters. The number of para-hydroxylation sites is 2. The molecule has 3 nitrogen and oxygen atoms in total. The molecule has 0 bridgehead atoms. The third kappa shape index (κ3) is 5.66. The molecule has 1 N–H and O–H groups in total. The van der Waals surface area contributed by atoms with Gasteiger partial charge in [0.25, 0.3) is 0 Å². The van der Waals surface area contributed by atoms with E-state index in [4.69, 9.17) is 4.74 Å². The van der Waals surface area contributed by atoms with Crippen molar-refractivity contribution in [1.29, 1.82) is 0 Å². The largest absolute Gasteiger partial charge is 0.457 e. The molecule has 0 fully saturated rings. The second kappa shape index (κ2) is 10.2. The molecule has 3 heteroatoms. The van der Waals surface area contributed by atoms with Crippen molar-refractivity contribution in [2.45, 2.75) is 12.5 Å². The molecule has 0 aromatic heterocycles. The van der Waals surface area contributed by atoms with Crippen LogP contribution in [0.2, 0.25) is 0 Å². The third-order valence-corrected chi connectivity index (χ3v) is 4.54. The summed E-state index contributed by atoms with van der Waals surface area (Å²) in [4.78, 5) is 12.2. The van der Waals surface area contributed by atoms with Crippen LogP contribution in [0, 0.1) is 0 Å². The van der Waals surface area contributed by atoms with Gasteiger partial charge in [0.2, 0.25) is 0 Å². The number of carbonyl (C=O) groups is 1. The van der Waals surface area contributed by atoms with E-state index < -0.39 is 5.60 Å². The van der Waals surface area contributed by atoms with Gasteiger partial charge in [-0.15, -0.1) is 0 Å². The van der Waals surface area contributed by atoms with Gasteiger partial charge in [-0.3, -0.25) is 4.79 Å². The normalized spacial score (nSPS) is 12.1. The molecule has 0 radical (unpaired) electrons. The number of aliphatic hydroxyl groups is 1. The Bertz CT molecular complexity index is 991. The van der Waals surface area contributed by atoms with Crippen molar-refractivity contribution in [3.05, 3.63) is 132 Å². The molecule has 0 heterocycles. The second-order valence-corrected chi connectivity index (χ2v) is 6.86. The molecule has 4 aromatic carbocycles. The van der Waals surface area contributed by atoms with Gasteiger partial charge >= 0.3 is 0 Å². The van der Waals surface area contributed by atoms with Crippen molar-refractivity contribution in [1.82, 2.24) is 0 Å².